The molecular formula is C14H17NO4. The summed E-state index contributed by atoms with van der Waals surface area (Å²) in [7, 11) is 1.27. The van der Waals surface area contributed by atoms with Crippen molar-refractivity contribution >= 4 is 17.6 Å². The van der Waals surface area contributed by atoms with Crippen LogP contribution in [0.2, 0.25) is 0 Å². The van der Waals surface area contributed by atoms with E-state index in [0.29, 0.717) is 5.69 Å². The summed E-state index contributed by atoms with van der Waals surface area (Å²) in [6, 6.07) is 7.53. The number of anilines is 1. The zero-order chi connectivity index (χ0) is 13.9. The van der Waals surface area contributed by atoms with Crippen molar-refractivity contribution in [2.45, 2.75) is 13.3 Å². The molecule has 0 aliphatic carbocycles. The number of amides is 1. The quantitative estimate of drug-likeness (QED) is 0.658. The van der Waals surface area contributed by atoms with Gasteiger partial charge >= 0.3 is 5.97 Å². The van der Waals surface area contributed by atoms with Crippen LogP contribution in [-0.2, 0) is 25.5 Å². The van der Waals surface area contributed by atoms with Gasteiger partial charge in [0.15, 0.2) is 5.41 Å². The lowest BCUT2D eigenvalue weighted by molar-refractivity contribution is -0.185. The lowest BCUT2D eigenvalue weighted by Crippen LogP contribution is -2.57. The number of hydrogen-bond acceptors (Lipinski definition) is 4. The van der Waals surface area contributed by atoms with E-state index in [9.17, 15) is 9.59 Å². The van der Waals surface area contributed by atoms with E-state index in [0.717, 1.165) is 6.42 Å². The van der Waals surface area contributed by atoms with Crippen molar-refractivity contribution in [1.82, 2.24) is 0 Å². The Kier molecular flexibility index (Phi) is 3.85. The van der Waals surface area contributed by atoms with Gasteiger partial charge in [0.2, 0.25) is 5.91 Å². The van der Waals surface area contributed by atoms with Crippen LogP contribution in [0.4, 0.5) is 5.69 Å². The SMILES string of the molecule is CCc1ccc(NC(=O)C2(C(=O)OC)COC2)cc1. The van der Waals surface area contributed by atoms with Gasteiger partial charge in [0.1, 0.15) is 0 Å². The highest BCUT2D eigenvalue weighted by Gasteiger charge is 2.54. The molecule has 1 fully saturated rings. The fraction of sp³-hybridized carbons (Fsp3) is 0.429. The van der Waals surface area contributed by atoms with Crippen LogP contribution in [-0.4, -0.2) is 32.2 Å². The highest BCUT2D eigenvalue weighted by molar-refractivity contribution is 6.09. The molecule has 0 unspecified atom stereocenters. The Morgan fingerprint density at radius 1 is 1.32 bits per heavy atom. The molecule has 1 aromatic carbocycles. The third kappa shape index (κ3) is 2.46. The standard InChI is InChI=1S/C14H17NO4/c1-3-10-4-6-11(7-5-10)15-12(16)14(8-19-9-14)13(17)18-2/h4-7H,3,8-9H2,1-2H3,(H,15,16). The van der Waals surface area contributed by atoms with Gasteiger partial charge in [0.25, 0.3) is 0 Å². The monoisotopic (exact) mass is 263 g/mol. The second-order valence-corrected chi connectivity index (χ2v) is 4.57. The van der Waals surface area contributed by atoms with Gasteiger partial charge in [-0.15, -0.1) is 0 Å². The Bertz CT molecular complexity index is 477. The number of aryl methyl sites for hydroxylation is 1. The third-order valence-electron chi connectivity index (χ3n) is 3.33. The van der Waals surface area contributed by atoms with Gasteiger partial charge < -0.3 is 14.8 Å². The summed E-state index contributed by atoms with van der Waals surface area (Å²) < 4.78 is 9.67. The molecule has 1 amide bonds. The number of carbonyl (C=O) groups is 2. The van der Waals surface area contributed by atoms with Gasteiger partial charge in [0.05, 0.1) is 20.3 Å². The van der Waals surface area contributed by atoms with E-state index in [2.05, 4.69) is 17.0 Å². The molecule has 0 radical (unpaired) electrons. The normalized spacial score (nSPS) is 16.3. The molecule has 1 aliphatic heterocycles. The zero-order valence-electron chi connectivity index (χ0n) is 11.1. The van der Waals surface area contributed by atoms with Crippen molar-refractivity contribution in [1.29, 1.82) is 0 Å². The number of carbonyl (C=O) groups excluding carboxylic acids is 2. The number of methoxy groups -OCH3 is 1. The number of nitrogens with one attached hydrogen (secondary N) is 1. The molecule has 5 nitrogen and oxygen atoms in total. The molecule has 1 saturated heterocycles. The molecule has 5 heteroatoms. The van der Waals surface area contributed by atoms with E-state index < -0.39 is 11.4 Å². The fourth-order valence-electron chi connectivity index (χ4n) is 1.92. The van der Waals surface area contributed by atoms with Gasteiger partial charge in [-0.2, -0.15) is 0 Å². The Morgan fingerprint density at radius 3 is 2.37 bits per heavy atom. The van der Waals surface area contributed by atoms with Crippen molar-refractivity contribution in [2.75, 3.05) is 25.6 Å². The molecule has 1 aromatic rings. The summed E-state index contributed by atoms with van der Waals surface area (Å²) in [5.74, 6) is -0.934. The Balaban J connectivity index is 2.09. The summed E-state index contributed by atoms with van der Waals surface area (Å²) in [6.07, 6.45) is 0.939. The van der Waals surface area contributed by atoms with Crippen LogP contribution in [0.1, 0.15) is 12.5 Å². The summed E-state index contributed by atoms with van der Waals surface area (Å²) in [5.41, 5.74) is 0.656. The second kappa shape index (κ2) is 5.40. The van der Waals surface area contributed by atoms with Crippen molar-refractivity contribution in [3.63, 3.8) is 0 Å². The molecule has 19 heavy (non-hydrogen) atoms. The summed E-state index contributed by atoms with van der Waals surface area (Å²) >= 11 is 0. The fourth-order valence-corrected chi connectivity index (χ4v) is 1.92. The van der Waals surface area contributed by atoms with Crippen molar-refractivity contribution in [2.24, 2.45) is 5.41 Å². The highest BCUT2D eigenvalue weighted by Crippen LogP contribution is 2.30. The van der Waals surface area contributed by atoms with Crippen molar-refractivity contribution < 1.29 is 19.1 Å². The maximum atomic E-state index is 12.2. The molecule has 102 valence electrons. The average molecular weight is 263 g/mol. The van der Waals surface area contributed by atoms with Crippen LogP contribution in [0.5, 0.6) is 0 Å². The Morgan fingerprint density at radius 2 is 1.95 bits per heavy atom. The van der Waals surface area contributed by atoms with Gasteiger partial charge in [0, 0.05) is 5.69 Å². The Labute approximate surface area is 111 Å². The third-order valence-corrected chi connectivity index (χ3v) is 3.33. The molecule has 0 saturated carbocycles. The van der Waals surface area contributed by atoms with Crippen LogP contribution in [0.25, 0.3) is 0 Å². The molecule has 2 rings (SSSR count). The van der Waals surface area contributed by atoms with Gasteiger partial charge in [-0.05, 0) is 24.1 Å². The molecule has 1 heterocycles. The lowest BCUT2D eigenvalue weighted by atomic mass is 9.85. The van der Waals surface area contributed by atoms with E-state index >= 15 is 0 Å². The number of hydrogen-bond donors (Lipinski definition) is 1. The van der Waals surface area contributed by atoms with E-state index in [4.69, 9.17) is 4.74 Å². The summed E-state index contributed by atoms with van der Waals surface area (Å²) in [5, 5.41) is 2.73. The Hall–Kier alpha value is -1.88. The van der Waals surface area contributed by atoms with Gasteiger partial charge in [-0.25, -0.2) is 0 Å². The first-order chi connectivity index (χ1) is 9.12. The topological polar surface area (TPSA) is 64.6 Å². The smallest absolute Gasteiger partial charge is 0.326 e. The first-order valence-electron chi connectivity index (χ1n) is 6.19. The molecule has 0 bridgehead atoms. The molecule has 0 atom stereocenters. The number of ether oxygens (including phenoxy) is 2. The molecule has 1 N–H and O–H groups in total. The highest BCUT2D eigenvalue weighted by atomic mass is 16.5. The predicted molar refractivity (Wildman–Crippen MR) is 69.7 cm³/mol. The second-order valence-electron chi connectivity index (χ2n) is 4.57. The predicted octanol–water partition coefficient (Wildman–Crippen LogP) is 1.38. The van der Waals surface area contributed by atoms with E-state index in [-0.39, 0.29) is 19.1 Å². The van der Waals surface area contributed by atoms with Crippen LogP contribution >= 0.6 is 0 Å². The average Bonchev–Trinajstić information content (AvgIpc) is 2.38. The maximum absolute atomic E-state index is 12.2. The summed E-state index contributed by atoms with van der Waals surface area (Å²) in [4.78, 5) is 23.9. The molecule has 0 spiro atoms. The first-order valence-corrected chi connectivity index (χ1v) is 6.19. The largest absolute Gasteiger partial charge is 0.468 e. The van der Waals surface area contributed by atoms with Crippen molar-refractivity contribution in [3.8, 4) is 0 Å². The minimum Gasteiger partial charge on any atom is -0.468 e. The zero-order valence-corrected chi connectivity index (χ0v) is 11.1. The number of esters is 1. The number of benzene rings is 1. The van der Waals surface area contributed by atoms with E-state index in [1.54, 1.807) is 0 Å². The van der Waals surface area contributed by atoms with Crippen molar-refractivity contribution in [3.05, 3.63) is 29.8 Å². The van der Waals surface area contributed by atoms with Crippen LogP contribution in [0, 0.1) is 5.41 Å². The van der Waals surface area contributed by atoms with Gasteiger partial charge in [-0.3, -0.25) is 9.59 Å². The van der Waals surface area contributed by atoms with E-state index in [1.165, 1.54) is 12.7 Å². The minimum absolute atomic E-state index is 0.0680. The van der Waals surface area contributed by atoms with Crippen LogP contribution in [0.15, 0.2) is 24.3 Å². The van der Waals surface area contributed by atoms with Crippen LogP contribution < -0.4 is 5.32 Å². The molecular weight excluding hydrogens is 246 g/mol. The van der Waals surface area contributed by atoms with E-state index in [1.807, 2.05) is 24.3 Å². The van der Waals surface area contributed by atoms with Crippen LogP contribution in [0.3, 0.4) is 0 Å². The van der Waals surface area contributed by atoms with Gasteiger partial charge in [-0.1, -0.05) is 19.1 Å². The lowest BCUT2D eigenvalue weighted by Gasteiger charge is -2.36. The number of rotatable bonds is 4. The molecule has 0 aromatic heterocycles. The maximum Gasteiger partial charge on any atom is 0.326 e. The molecule has 1 aliphatic rings. The minimum atomic E-state index is -1.20. The summed E-state index contributed by atoms with van der Waals surface area (Å²) in [6.45, 7) is 2.20. The first kappa shape index (κ1) is 13.5.